The van der Waals surface area contributed by atoms with Gasteiger partial charge in [0.2, 0.25) is 0 Å². The predicted octanol–water partition coefficient (Wildman–Crippen LogP) is 5.98. The Kier molecular flexibility index (Phi) is 4.30. The Hall–Kier alpha value is -1.02. The van der Waals surface area contributed by atoms with E-state index in [0.717, 1.165) is 22.9 Å². The molecule has 1 saturated heterocycles. The lowest BCUT2D eigenvalue weighted by Crippen LogP contribution is -2.16. The van der Waals surface area contributed by atoms with Gasteiger partial charge in [-0.3, -0.25) is 0 Å². The van der Waals surface area contributed by atoms with Crippen LogP contribution in [-0.4, -0.2) is 0 Å². The van der Waals surface area contributed by atoms with E-state index in [0.29, 0.717) is 0 Å². The normalized spacial score (nSPS) is 22.7. The molecule has 0 radical (unpaired) electrons. The summed E-state index contributed by atoms with van der Waals surface area (Å²) in [5, 5.41) is 1.53. The molecule has 0 aromatic heterocycles. The summed E-state index contributed by atoms with van der Waals surface area (Å²) in [5.74, 6) is 0. The molecule has 0 bridgehead atoms. The van der Waals surface area contributed by atoms with E-state index in [1.807, 2.05) is 24.3 Å². The van der Waals surface area contributed by atoms with Crippen LogP contribution in [0.4, 0.5) is 0 Å². The minimum Gasteiger partial charge on any atom is -0.366 e. The van der Waals surface area contributed by atoms with E-state index in [1.165, 1.54) is 17.5 Å². The maximum absolute atomic E-state index is 6.25. The molecule has 1 aliphatic rings. The lowest BCUT2D eigenvalue weighted by Gasteiger charge is -2.30. The zero-order valence-corrected chi connectivity index (χ0v) is 12.6. The zero-order chi connectivity index (χ0) is 13.9. The van der Waals surface area contributed by atoms with Crippen molar-refractivity contribution < 1.29 is 4.74 Å². The van der Waals surface area contributed by atoms with Gasteiger partial charge in [-0.05, 0) is 54.7 Å². The Morgan fingerprint density at radius 2 is 1.10 bits per heavy atom. The number of rotatable bonds is 2. The molecule has 2 aromatic rings. The molecule has 104 valence electrons. The third kappa shape index (κ3) is 3.17. The molecule has 3 heteroatoms. The van der Waals surface area contributed by atoms with Gasteiger partial charge in [-0.2, -0.15) is 0 Å². The fourth-order valence-corrected chi connectivity index (χ4v) is 2.92. The monoisotopic (exact) mass is 306 g/mol. The van der Waals surface area contributed by atoms with Crippen LogP contribution in [0.25, 0.3) is 0 Å². The van der Waals surface area contributed by atoms with Crippen LogP contribution in [-0.2, 0) is 4.74 Å². The van der Waals surface area contributed by atoms with Gasteiger partial charge in [0.05, 0.1) is 12.2 Å². The summed E-state index contributed by atoms with van der Waals surface area (Å²) >= 11 is 11.9. The van der Waals surface area contributed by atoms with Crippen molar-refractivity contribution in [3.63, 3.8) is 0 Å². The first-order valence-electron chi connectivity index (χ1n) is 6.89. The number of hydrogen-bond acceptors (Lipinski definition) is 1. The number of ether oxygens (including phenoxy) is 1. The fourth-order valence-electron chi connectivity index (χ4n) is 2.67. The van der Waals surface area contributed by atoms with E-state index in [4.69, 9.17) is 27.9 Å². The van der Waals surface area contributed by atoms with Crippen molar-refractivity contribution in [3.05, 3.63) is 69.7 Å². The molecule has 1 heterocycles. The molecule has 20 heavy (non-hydrogen) atoms. The maximum Gasteiger partial charge on any atom is 0.0833 e. The van der Waals surface area contributed by atoms with Crippen molar-refractivity contribution in [2.45, 2.75) is 31.5 Å². The highest BCUT2D eigenvalue weighted by atomic mass is 35.5. The quantitative estimate of drug-likeness (QED) is 0.663. The van der Waals surface area contributed by atoms with E-state index in [9.17, 15) is 0 Å². The SMILES string of the molecule is Clc1ccc(C2CCCC(c3ccc(Cl)cc3)O2)cc1. The van der Waals surface area contributed by atoms with Crippen LogP contribution in [0.15, 0.2) is 48.5 Å². The van der Waals surface area contributed by atoms with Crippen LogP contribution in [0.1, 0.15) is 42.6 Å². The van der Waals surface area contributed by atoms with Crippen molar-refractivity contribution in [3.8, 4) is 0 Å². The summed E-state index contributed by atoms with van der Waals surface area (Å²) < 4.78 is 6.25. The standard InChI is InChI=1S/C17H16Cl2O/c18-14-8-4-12(5-9-14)16-2-1-3-17(20-16)13-6-10-15(19)11-7-13/h4-11,16-17H,1-3H2. The summed E-state index contributed by atoms with van der Waals surface area (Å²) in [7, 11) is 0. The first-order chi connectivity index (χ1) is 9.72. The summed E-state index contributed by atoms with van der Waals surface area (Å²) in [6.45, 7) is 0. The van der Waals surface area contributed by atoms with E-state index in [1.54, 1.807) is 0 Å². The molecule has 1 aliphatic heterocycles. The van der Waals surface area contributed by atoms with Gasteiger partial charge >= 0.3 is 0 Å². The molecule has 0 saturated carbocycles. The Morgan fingerprint density at radius 3 is 1.50 bits per heavy atom. The Bertz CT molecular complexity index is 511. The van der Waals surface area contributed by atoms with Gasteiger partial charge in [-0.1, -0.05) is 47.5 Å². The molecule has 2 aromatic carbocycles. The second kappa shape index (κ2) is 6.17. The summed E-state index contributed by atoms with van der Waals surface area (Å²) in [4.78, 5) is 0. The van der Waals surface area contributed by atoms with Gasteiger partial charge in [-0.25, -0.2) is 0 Å². The Balaban J connectivity index is 1.76. The minimum absolute atomic E-state index is 0.154. The van der Waals surface area contributed by atoms with Crippen molar-refractivity contribution in [1.29, 1.82) is 0 Å². The van der Waals surface area contributed by atoms with Gasteiger partial charge in [0.25, 0.3) is 0 Å². The second-order valence-corrected chi connectivity index (χ2v) is 6.02. The Morgan fingerprint density at radius 1 is 0.700 bits per heavy atom. The first-order valence-corrected chi connectivity index (χ1v) is 7.64. The lowest BCUT2D eigenvalue weighted by molar-refractivity contribution is -0.0534. The van der Waals surface area contributed by atoms with Gasteiger partial charge in [0.15, 0.2) is 0 Å². The molecule has 0 N–H and O–H groups in total. The number of hydrogen-bond donors (Lipinski definition) is 0. The third-order valence-corrected chi connectivity index (χ3v) is 4.25. The van der Waals surface area contributed by atoms with E-state index < -0.39 is 0 Å². The van der Waals surface area contributed by atoms with E-state index in [2.05, 4.69) is 24.3 Å². The largest absolute Gasteiger partial charge is 0.366 e. The van der Waals surface area contributed by atoms with Gasteiger partial charge in [-0.15, -0.1) is 0 Å². The molecule has 0 aliphatic carbocycles. The van der Waals surface area contributed by atoms with Crippen LogP contribution in [0.2, 0.25) is 10.0 Å². The summed E-state index contributed by atoms with van der Waals surface area (Å²) in [6.07, 6.45) is 3.60. The summed E-state index contributed by atoms with van der Waals surface area (Å²) in [5.41, 5.74) is 2.40. The van der Waals surface area contributed by atoms with E-state index >= 15 is 0 Å². The van der Waals surface area contributed by atoms with Crippen molar-refractivity contribution in [2.75, 3.05) is 0 Å². The van der Waals surface area contributed by atoms with Crippen LogP contribution in [0.5, 0.6) is 0 Å². The Labute approximate surface area is 129 Å². The molecule has 2 unspecified atom stereocenters. The summed E-state index contributed by atoms with van der Waals surface area (Å²) in [6, 6.07) is 15.9. The highest BCUT2D eigenvalue weighted by Crippen LogP contribution is 2.38. The molecule has 2 atom stereocenters. The zero-order valence-electron chi connectivity index (χ0n) is 11.1. The van der Waals surface area contributed by atoms with E-state index in [-0.39, 0.29) is 12.2 Å². The smallest absolute Gasteiger partial charge is 0.0833 e. The molecule has 3 rings (SSSR count). The third-order valence-electron chi connectivity index (χ3n) is 3.74. The van der Waals surface area contributed by atoms with Crippen LogP contribution >= 0.6 is 23.2 Å². The van der Waals surface area contributed by atoms with Crippen LogP contribution in [0, 0.1) is 0 Å². The lowest BCUT2D eigenvalue weighted by atomic mass is 9.95. The highest BCUT2D eigenvalue weighted by Gasteiger charge is 2.24. The van der Waals surface area contributed by atoms with Crippen molar-refractivity contribution in [2.24, 2.45) is 0 Å². The number of benzene rings is 2. The molecular weight excluding hydrogens is 291 g/mol. The van der Waals surface area contributed by atoms with Crippen molar-refractivity contribution in [1.82, 2.24) is 0 Å². The maximum atomic E-state index is 6.25. The van der Waals surface area contributed by atoms with Gasteiger partial charge in [0.1, 0.15) is 0 Å². The average molecular weight is 307 g/mol. The second-order valence-electron chi connectivity index (χ2n) is 5.15. The molecule has 0 amide bonds. The highest BCUT2D eigenvalue weighted by molar-refractivity contribution is 6.30. The minimum atomic E-state index is 0.154. The van der Waals surface area contributed by atoms with Crippen LogP contribution in [0.3, 0.4) is 0 Å². The first kappa shape index (κ1) is 13.9. The molecule has 1 fully saturated rings. The van der Waals surface area contributed by atoms with Gasteiger partial charge in [0, 0.05) is 10.0 Å². The van der Waals surface area contributed by atoms with Crippen LogP contribution < -0.4 is 0 Å². The molecule has 0 spiro atoms. The average Bonchev–Trinajstić information content (AvgIpc) is 2.49. The molecule has 1 nitrogen and oxygen atoms in total. The molecular formula is C17H16Cl2O. The topological polar surface area (TPSA) is 9.23 Å². The number of halogens is 2. The predicted molar refractivity (Wildman–Crippen MR) is 83.3 cm³/mol. The van der Waals surface area contributed by atoms with Gasteiger partial charge < -0.3 is 4.74 Å². The fraction of sp³-hybridized carbons (Fsp3) is 0.294. The van der Waals surface area contributed by atoms with Crippen molar-refractivity contribution >= 4 is 23.2 Å².